The summed E-state index contributed by atoms with van der Waals surface area (Å²) in [6.45, 7) is 10.7. The maximum atomic E-state index is 6.01. The Morgan fingerprint density at radius 2 is 1.95 bits per heavy atom. The fraction of sp³-hybridized carbons (Fsp3) is 0.579. The van der Waals surface area contributed by atoms with E-state index >= 15 is 0 Å². The molecular weight excluding hydrogens is 274 g/mol. The maximum absolute atomic E-state index is 6.01. The summed E-state index contributed by atoms with van der Waals surface area (Å²) in [6, 6.07) is 8.72. The molecule has 3 nitrogen and oxygen atoms in total. The van der Waals surface area contributed by atoms with E-state index in [1.807, 2.05) is 13.8 Å². The highest BCUT2D eigenvalue weighted by Gasteiger charge is 2.58. The quantitative estimate of drug-likeness (QED) is 0.802. The monoisotopic (exact) mass is 299 g/mol. The van der Waals surface area contributed by atoms with Gasteiger partial charge in [-0.1, -0.05) is 24.3 Å². The fourth-order valence-electron chi connectivity index (χ4n) is 4.71. The van der Waals surface area contributed by atoms with Gasteiger partial charge in [-0.15, -0.1) is 6.58 Å². The predicted octanol–water partition coefficient (Wildman–Crippen LogP) is 3.72. The molecule has 0 amide bonds. The molecule has 3 aliphatic rings. The normalized spacial score (nSPS) is 34.5. The van der Waals surface area contributed by atoms with Crippen LogP contribution in [0.1, 0.15) is 32.3 Å². The van der Waals surface area contributed by atoms with Gasteiger partial charge in [-0.3, -0.25) is 0 Å². The first-order valence-electron chi connectivity index (χ1n) is 8.23. The van der Waals surface area contributed by atoms with Gasteiger partial charge >= 0.3 is 0 Å². The molecule has 1 aromatic rings. The molecule has 2 spiro atoms. The Morgan fingerprint density at radius 1 is 1.23 bits per heavy atom. The fourth-order valence-corrected chi connectivity index (χ4v) is 4.71. The summed E-state index contributed by atoms with van der Waals surface area (Å²) in [4.78, 5) is 0. The summed E-state index contributed by atoms with van der Waals surface area (Å²) in [5, 5.41) is 3.61. The second kappa shape index (κ2) is 4.59. The van der Waals surface area contributed by atoms with Crippen LogP contribution in [0.2, 0.25) is 0 Å². The van der Waals surface area contributed by atoms with Gasteiger partial charge in [0.05, 0.1) is 13.2 Å². The zero-order valence-corrected chi connectivity index (χ0v) is 13.5. The Morgan fingerprint density at radius 3 is 2.68 bits per heavy atom. The van der Waals surface area contributed by atoms with Gasteiger partial charge in [-0.25, -0.2) is 0 Å². The lowest BCUT2D eigenvalue weighted by Crippen LogP contribution is -2.46. The zero-order chi connectivity index (χ0) is 15.4. The molecule has 2 atom stereocenters. The Balaban J connectivity index is 1.69. The topological polar surface area (TPSA) is 30.5 Å². The van der Waals surface area contributed by atoms with Crippen LogP contribution < -0.4 is 5.32 Å². The average molecular weight is 299 g/mol. The Kier molecular flexibility index (Phi) is 2.98. The maximum Gasteiger partial charge on any atom is 0.162 e. The van der Waals surface area contributed by atoms with Crippen molar-refractivity contribution in [2.24, 2.45) is 11.3 Å². The first kappa shape index (κ1) is 14.3. The van der Waals surface area contributed by atoms with Crippen molar-refractivity contribution in [2.75, 3.05) is 25.1 Å². The number of benzene rings is 1. The molecule has 2 aliphatic heterocycles. The highest BCUT2D eigenvalue weighted by molar-refractivity contribution is 5.61. The van der Waals surface area contributed by atoms with Crippen LogP contribution in [-0.4, -0.2) is 25.5 Å². The number of hydrogen-bond acceptors (Lipinski definition) is 3. The number of ether oxygens (including phenoxy) is 2. The summed E-state index contributed by atoms with van der Waals surface area (Å²) in [5.41, 5.74) is 2.99. The van der Waals surface area contributed by atoms with Gasteiger partial charge in [0.1, 0.15) is 0 Å². The standard InChI is InChI=1S/C19H25NO2/c1-4-14-9-18(12-21-17(2,3)22-13-18)10-19(14)11-20-16-8-6-5-7-15(16)19/h4-8,14,20H,1,9-13H2,2-3H3/t14-,19-/m1/s1. The number of nitrogens with one attached hydrogen (secondary N) is 1. The Hall–Kier alpha value is -1.32. The molecule has 118 valence electrons. The van der Waals surface area contributed by atoms with Crippen LogP contribution in [0, 0.1) is 11.3 Å². The van der Waals surface area contributed by atoms with Gasteiger partial charge in [0.2, 0.25) is 0 Å². The first-order chi connectivity index (χ1) is 10.5. The van der Waals surface area contributed by atoms with E-state index < -0.39 is 5.79 Å². The van der Waals surface area contributed by atoms with Crippen LogP contribution in [0.4, 0.5) is 5.69 Å². The molecule has 2 fully saturated rings. The van der Waals surface area contributed by atoms with Gasteiger partial charge in [0.15, 0.2) is 5.79 Å². The smallest absolute Gasteiger partial charge is 0.162 e. The summed E-state index contributed by atoms with van der Waals surface area (Å²) in [6.07, 6.45) is 4.36. The van der Waals surface area contributed by atoms with Crippen molar-refractivity contribution in [2.45, 2.75) is 37.9 Å². The molecular formula is C19H25NO2. The van der Waals surface area contributed by atoms with Crippen molar-refractivity contribution in [3.8, 4) is 0 Å². The van der Waals surface area contributed by atoms with Crippen LogP contribution in [0.25, 0.3) is 0 Å². The molecule has 1 aromatic carbocycles. The largest absolute Gasteiger partial charge is 0.384 e. The molecule has 1 N–H and O–H groups in total. The lowest BCUT2D eigenvalue weighted by atomic mass is 9.72. The van der Waals surface area contributed by atoms with Gasteiger partial charge in [0, 0.05) is 23.1 Å². The average Bonchev–Trinajstić information content (AvgIpc) is 3.04. The molecule has 0 radical (unpaired) electrons. The molecule has 4 rings (SSSR count). The summed E-state index contributed by atoms with van der Waals surface area (Å²) >= 11 is 0. The first-order valence-corrected chi connectivity index (χ1v) is 8.23. The number of fused-ring (bicyclic) bond motifs is 2. The van der Waals surface area contributed by atoms with Crippen LogP contribution in [0.15, 0.2) is 36.9 Å². The third-order valence-corrected chi connectivity index (χ3v) is 5.85. The van der Waals surface area contributed by atoms with Crippen LogP contribution in [0.3, 0.4) is 0 Å². The highest BCUT2D eigenvalue weighted by atomic mass is 16.7. The molecule has 0 bridgehead atoms. The Bertz CT molecular complexity index is 599. The minimum absolute atomic E-state index is 0.119. The van der Waals surface area contributed by atoms with Crippen LogP contribution in [0.5, 0.6) is 0 Å². The lowest BCUT2D eigenvalue weighted by molar-refractivity contribution is -0.285. The number of allylic oxidation sites excluding steroid dienone is 1. The highest BCUT2D eigenvalue weighted by Crippen LogP contribution is 2.59. The van der Waals surface area contributed by atoms with Gasteiger partial charge < -0.3 is 14.8 Å². The number of rotatable bonds is 1. The van der Waals surface area contributed by atoms with Gasteiger partial charge in [-0.2, -0.15) is 0 Å². The Labute approximate surface area is 132 Å². The summed E-state index contributed by atoms with van der Waals surface area (Å²) < 4.78 is 12.0. The van der Waals surface area contributed by atoms with Crippen molar-refractivity contribution in [1.29, 1.82) is 0 Å². The molecule has 22 heavy (non-hydrogen) atoms. The predicted molar refractivity (Wildman–Crippen MR) is 87.9 cm³/mol. The van der Waals surface area contributed by atoms with E-state index in [0.29, 0.717) is 5.92 Å². The van der Waals surface area contributed by atoms with Gasteiger partial charge in [0.25, 0.3) is 0 Å². The molecule has 0 aromatic heterocycles. The number of anilines is 1. The zero-order valence-electron chi connectivity index (χ0n) is 13.5. The second-order valence-electron chi connectivity index (χ2n) is 7.76. The van der Waals surface area contributed by atoms with Crippen molar-refractivity contribution in [3.05, 3.63) is 42.5 Å². The third-order valence-electron chi connectivity index (χ3n) is 5.85. The molecule has 1 saturated carbocycles. The van der Waals surface area contributed by atoms with E-state index in [0.717, 1.165) is 32.6 Å². The SMILES string of the molecule is C=C[C@@H]1CC2(COC(C)(C)OC2)C[C@@]12CNc1ccccc12. The minimum atomic E-state index is -0.448. The van der Waals surface area contributed by atoms with E-state index in [1.165, 1.54) is 11.3 Å². The van der Waals surface area contributed by atoms with Crippen molar-refractivity contribution >= 4 is 5.69 Å². The number of para-hydroxylation sites is 1. The van der Waals surface area contributed by atoms with Crippen molar-refractivity contribution in [1.82, 2.24) is 0 Å². The second-order valence-corrected chi connectivity index (χ2v) is 7.76. The molecule has 3 heteroatoms. The van der Waals surface area contributed by atoms with E-state index in [9.17, 15) is 0 Å². The molecule has 1 aliphatic carbocycles. The molecule has 0 unspecified atom stereocenters. The summed E-state index contributed by atoms with van der Waals surface area (Å²) in [5.74, 6) is 0.0216. The minimum Gasteiger partial charge on any atom is -0.384 e. The van der Waals surface area contributed by atoms with Gasteiger partial charge in [-0.05, 0) is 44.2 Å². The van der Waals surface area contributed by atoms with Crippen LogP contribution in [-0.2, 0) is 14.9 Å². The van der Waals surface area contributed by atoms with E-state index in [1.54, 1.807) is 0 Å². The van der Waals surface area contributed by atoms with Crippen LogP contribution >= 0.6 is 0 Å². The molecule has 1 saturated heterocycles. The summed E-state index contributed by atoms with van der Waals surface area (Å²) in [7, 11) is 0. The van der Waals surface area contributed by atoms with E-state index in [2.05, 4.69) is 42.2 Å². The van der Waals surface area contributed by atoms with Crippen molar-refractivity contribution < 1.29 is 9.47 Å². The van der Waals surface area contributed by atoms with E-state index in [-0.39, 0.29) is 10.8 Å². The third kappa shape index (κ3) is 1.95. The lowest BCUT2D eigenvalue weighted by Gasteiger charge is -2.42. The molecule has 2 heterocycles. The number of hydrogen-bond donors (Lipinski definition) is 1. The van der Waals surface area contributed by atoms with E-state index in [4.69, 9.17) is 9.47 Å². The van der Waals surface area contributed by atoms with Crippen molar-refractivity contribution in [3.63, 3.8) is 0 Å².